The van der Waals surface area contributed by atoms with Crippen molar-refractivity contribution in [3.8, 4) is 34.4 Å². The summed E-state index contributed by atoms with van der Waals surface area (Å²) in [5.74, 6) is -1.34. The molecule has 26 heavy (non-hydrogen) atoms. The second kappa shape index (κ2) is 6.06. The van der Waals surface area contributed by atoms with Crippen LogP contribution in [0.4, 0.5) is 13.2 Å². The highest BCUT2D eigenvalue weighted by Gasteiger charge is 2.40. The average Bonchev–Trinajstić information content (AvgIpc) is 3.33. The first-order valence-corrected chi connectivity index (χ1v) is 7.64. The van der Waals surface area contributed by atoms with Crippen LogP contribution in [0.3, 0.4) is 0 Å². The van der Waals surface area contributed by atoms with Crippen LogP contribution in [-0.4, -0.2) is 10.2 Å². The molecule has 1 aromatic carbocycles. The molecule has 0 aliphatic heterocycles. The van der Waals surface area contributed by atoms with E-state index < -0.39 is 11.9 Å². The molecule has 0 N–H and O–H groups in total. The van der Waals surface area contributed by atoms with Gasteiger partial charge in [-0.25, -0.2) is 0 Å². The Labute approximate surface area is 149 Å². The van der Waals surface area contributed by atoms with E-state index in [9.17, 15) is 13.2 Å². The second-order valence-electron chi connectivity index (χ2n) is 5.25. The second-order valence-corrected chi connectivity index (χ2v) is 5.68. The third-order valence-electron chi connectivity index (χ3n) is 3.51. The standard InChI is InChI=1S/C17H8ClF3N2O3/c18-10-5-3-9(4-6-10)13-8-11(14(25-13)17(19,20)21)15-22-23-16(26-15)12-2-1-7-24-12/h1-8H. The van der Waals surface area contributed by atoms with E-state index in [1.807, 2.05) is 0 Å². The van der Waals surface area contributed by atoms with Gasteiger partial charge >= 0.3 is 6.18 Å². The molecule has 0 atom stereocenters. The van der Waals surface area contributed by atoms with Gasteiger partial charge in [0.1, 0.15) is 5.76 Å². The van der Waals surface area contributed by atoms with Crippen LogP contribution in [0.1, 0.15) is 5.76 Å². The number of hydrogen-bond donors (Lipinski definition) is 0. The van der Waals surface area contributed by atoms with E-state index >= 15 is 0 Å². The summed E-state index contributed by atoms with van der Waals surface area (Å²) in [4.78, 5) is 0. The molecule has 0 saturated heterocycles. The van der Waals surface area contributed by atoms with Crippen molar-refractivity contribution < 1.29 is 26.4 Å². The molecule has 4 aromatic rings. The van der Waals surface area contributed by atoms with Gasteiger partial charge in [-0.1, -0.05) is 11.6 Å². The van der Waals surface area contributed by atoms with Crippen molar-refractivity contribution in [2.45, 2.75) is 6.18 Å². The zero-order chi connectivity index (χ0) is 18.3. The van der Waals surface area contributed by atoms with Gasteiger partial charge in [-0.15, -0.1) is 10.2 Å². The zero-order valence-corrected chi connectivity index (χ0v) is 13.5. The van der Waals surface area contributed by atoms with Gasteiger partial charge in [0.2, 0.25) is 5.76 Å². The summed E-state index contributed by atoms with van der Waals surface area (Å²) >= 11 is 5.80. The summed E-state index contributed by atoms with van der Waals surface area (Å²) in [7, 11) is 0. The first kappa shape index (κ1) is 16.5. The topological polar surface area (TPSA) is 65.2 Å². The molecule has 0 bridgehead atoms. The van der Waals surface area contributed by atoms with Gasteiger partial charge in [0.25, 0.3) is 11.8 Å². The fraction of sp³-hybridized carbons (Fsp3) is 0.0588. The molecule has 0 fully saturated rings. The fourth-order valence-corrected chi connectivity index (χ4v) is 2.47. The number of hydrogen-bond acceptors (Lipinski definition) is 5. The Morgan fingerprint density at radius 2 is 1.62 bits per heavy atom. The average molecular weight is 381 g/mol. The third kappa shape index (κ3) is 2.99. The summed E-state index contributed by atoms with van der Waals surface area (Å²) < 4.78 is 55.6. The SMILES string of the molecule is FC(F)(F)c1oc(-c2ccc(Cl)cc2)cc1-c1nnc(-c2ccco2)o1. The first-order valence-electron chi connectivity index (χ1n) is 7.26. The highest BCUT2D eigenvalue weighted by atomic mass is 35.5. The maximum absolute atomic E-state index is 13.4. The van der Waals surface area contributed by atoms with Crippen molar-refractivity contribution in [2.24, 2.45) is 0 Å². The van der Waals surface area contributed by atoms with Crippen LogP contribution < -0.4 is 0 Å². The van der Waals surface area contributed by atoms with E-state index in [2.05, 4.69) is 10.2 Å². The van der Waals surface area contributed by atoms with Gasteiger partial charge in [0, 0.05) is 10.6 Å². The molecule has 5 nitrogen and oxygen atoms in total. The van der Waals surface area contributed by atoms with E-state index in [4.69, 9.17) is 24.9 Å². The highest BCUT2D eigenvalue weighted by molar-refractivity contribution is 6.30. The summed E-state index contributed by atoms with van der Waals surface area (Å²) in [5, 5.41) is 7.85. The van der Waals surface area contributed by atoms with Crippen LogP contribution in [0, 0.1) is 0 Å². The molecule has 0 aliphatic carbocycles. The van der Waals surface area contributed by atoms with Crippen LogP contribution in [0.2, 0.25) is 5.02 Å². The third-order valence-corrected chi connectivity index (χ3v) is 3.76. The van der Waals surface area contributed by atoms with Crippen molar-refractivity contribution >= 4 is 11.6 Å². The van der Waals surface area contributed by atoms with Crippen molar-refractivity contribution in [3.05, 3.63) is 59.5 Å². The number of furan rings is 2. The zero-order valence-electron chi connectivity index (χ0n) is 12.7. The highest BCUT2D eigenvalue weighted by Crippen LogP contribution is 2.42. The lowest BCUT2D eigenvalue weighted by atomic mass is 10.1. The lowest BCUT2D eigenvalue weighted by Crippen LogP contribution is -2.04. The largest absolute Gasteiger partial charge is 0.459 e. The maximum atomic E-state index is 13.4. The molecule has 0 spiro atoms. The molecule has 0 saturated carbocycles. The Balaban J connectivity index is 1.81. The van der Waals surface area contributed by atoms with Crippen LogP contribution in [0.25, 0.3) is 34.4 Å². The summed E-state index contributed by atoms with van der Waals surface area (Å²) in [6.45, 7) is 0. The van der Waals surface area contributed by atoms with Gasteiger partial charge in [0.15, 0.2) is 5.76 Å². The van der Waals surface area contributed by atoms with Crippen LogP contribution in [-0.2, 0) is 6.18 Å². The molecule has 132 valence electrons. The number of nitrogens with zero attached hydrogens (tertiary/aromatic N) is 2. The molecule has 0 aliphatic rings. The van der Waals surface area contributed by atoms with E-state index in [-0.39, 0.29) is 28.9 Å². The smallest absolute Gasteiger partial charge is 0.450 e. The Kier molecular flexibility index (Phi) is 3.84. The molecule has 0 amide bonds. The molecule has 3 heterocycles. The number of rotatable bonds is 3. The Bertz CT molecular complexity index is 1030. The van der Waals surface area contributed by atoms with Crippen LogP contribution in [0.15, 0.2) is 62.0 Å². The normalized spacial score (nSPS) is 11.8. The summed E-state index contributed by atoms with van der Waals surface area (Å²) in [6, 6.07) is 10.5. The van der Waals surface area contributed by atoms with Crippen LogP contribution >= 0.6 is 11.6 Å². The molecular weight excluding hydrogens is 373 g/mol. The predicted molar refractivity (Wildman–Crippen MR) is 85.1 cm³/mol. The Morgan fingerprint density at radius 1 is 0.885 bits per heavy atom. The minimum Gasteiger partial charge on any atom is -0.459 e. The van der Waals surface area contributed by atoms with Crippen molar-refractivity contribution in [3.63, 3.8) is 0 Å². The fourth-order valence-electron chi connectivity index (χ4n) is 2.35. The lowest BCUT2D eigenvalue weighted by molar-refractivity contribution is -0.152. The van der Waals surface area contributed by atoms with E-state index in [1.165, 1.54) is 12.3 Å². The van der Waals surface area contributed by atoms with E-state index in [0.717, 1.165) is 0 Å². The van der Waals surface area contributed by atoms with Gasteiger partial charge in [-0.05, 0) is 42.5 Å². The van der Waals surface area contributed by atoms with Gasteiger partial charge in [-0.2, -0.15) is 13.2 Å². The lowest BCUT2D eigenvalue weighted by Gasteiger charge is -2.03. The van der Waals surface area contributed by atoms with Crippen LogP contribution in [0.5, 0.6) is 0 Å². The quantitative estimate of drug-likeness (QED) is 0.441. The minimum atomic E-state index is -4.74. The summed E-state index contributed by atoms with van der Waals surface area (Å²) in [6.07, 6.45) is -3.35. The molecular formula is C17H8ClF3N2O3. The van der Waals surface area contributed by atoms with E-state index in [1.54, 1.807) is 36.4 Å². The van der Waals surface area contributed by atoms with Gasteiger partial charge in [0.05, 0.1) is 11.8 Å². The number of alkyl halides is 3. The number of aromatic nitrogens is 2. The number of benzene rings is 1. The Hall–Kier alpha value is -3.00. The van der Waals surface area contributed by atoms with Gasteiger partial charge < -0.3 is 13.3 Å². The molecule has 0 radical (unpaired) electrons. The molecule has 9 heteroatoms. The number of halogens is 4. The van der Waals surface area contributed by atoms with E-state index in [0.29, 0.717) is 10.6 Å². The molecule has 0 unspecified atom stereocenters. The van der Waals surface area contributed by atoms with Gasteiger partial charge in [-0.3, -0.25) is 0 Å². The summed E-state index contributed by atoms with van der Waals surface area (Å²) in [5.41, 5.74) is 0.0738. The first-order chi connectivity index (χ1) is 12.4. The maximum Gasteiger partial charge on any atom is 0.450 e. The Morgan fingerprint density at radius 3 is 2.27 bits per heavy atom. The predicted octanol–water partition coefficient (Wildman–Crippen LogP) is 5.93. The van der Waals surface area contributed by atoms with Crippen molar-refractivity contribution in [1.82, 2.24) is 10.2 Å². The monoisotopic (exact) mass is 380 g/mol. The molecule has 3 aromatic heterocycles. The van der Waals surface area contributed by atoms with Crippen molar-refractivity contribution in [2.75, 3.05) is 0 Å². The van der Waals surface area contributed by atoms with Crippen molar-refractivity contribution in [1.29, 1.82) is 0 Å². The minimum absolute atomic E-state index is 0.00161. The molecule has 4 rings (SSSR count).